The van der Waals surface area contributed by atoms with Crippen LogP contribution in [0.25, 0.3) is 0 Å². The Morgan fingerprint density at radius 2 is 0.869 bits per heavy atom. The summed E-state index contributed by atoms with van der Waals surface area (Å²) in [4.78, 5) is 2.80. The third-order valence-corrected chi connectivity index (χ3v) is 15.0. The van der Waals surface area contributed by atoms with Crippen molar-refractivity contribution in [2.24, 2.45) is 0 Å². The van der Waals surface area contributed by atoms with Gasteiger partial charge < -0.3 is 4.90 Å². The highest BCUT2D eigenvalue weighted by molar-refractivity contribution is 6.03. The molecule has 0 N–H and O–H groups in total. The van der Waals surface area contributed by atoms with Crippen molar-refractivity contribution in [3.63, 3.8) is 0 Å². The zero-order valence-electron chi connectivity index (χ0n) is 41.5. The SMILES string of the molecule is CCCCCCCCCCCCCCCCCCN1c2ccccc2C(C)(C)C1C/C=C\C1=[N+](CCCCCCCCCCCCCCCCCC)c2ccccc2C1(C)C. The largest absolute Gasteiger partial charge is 0.367 e. The molecular formula is C59H99N2+. The molecule has 4 rings (SSSR count). The first-order chi connectivity index (χ1) is 29.8. The Labute approximate surface area is 380 Å². The van der Waals surface area contributed by atoms with Gasteiger partial charge in [-0.2, -0.15) is 4.58 Å². The highest BCUT2D eigenvalue weighted by atomic mass is 15.2. The predicted molar refractivity (Wildman–Crippen MR) is 273 cm³/mol. The normalized spacial score (nSPS) is 16.6. The van der Waals surface area contributed by atoms with Crippen LogP contribution < -0.4 is 4.90 Å². The highest BCUT2D eigenvalue weighted by Crippen LogP contribution is 2.47. The number of para-hydroxylation sites is 2. The Balaban J connectivity index is 1.20. The molecule has 0 bridgehead atoms. The van der Waals surface area contributed by atoms with Gasteiger partial charge in [0.25, 0.3) is 0 Å². The Hall–Kier alpha value is -2.35. The van der Waals surface area contributed by atoms with E-state index in [0.29, 0.717) is 6.04 Å². The fourth-order valence-electron chi connectivity index (χ4n) is 11.0. The van der Waals surface area contributed by atoms with Crippen LogP contribution in [0.2, 0.25) is 0 Å². The fourth-order valence-corrected chi connectivity index (χ4v) is 11.0. The molecule has 0 amide bonds. The van der Waals surface area contributed by atoms with E-state index in [0.717, 1.165) is 13.0 Å². The summed E-state index contributed by atoms with van der Waals surface area (Å²) in [6.45, 7) is 16.9. The number of anilines is 1. The van der Waals surface area contributed by atoms with Gasteiger partial charge >= 0.3 is 0 Å². The van der Waals surface area contributed by atoms with Crippen molar-refractivity contribution in [1.29, 1.82) is 0 Å². The summed E-state index contributed by atoms with van der Waals surface area (Å²) in [6.07, 6.45) is 51.7. The molecule has 0 spiro atoms. The van der Waals surface area contributed by atoms with E-state index in [-0.39, 0.29) is 10.8 Å². The summed E-state index contributed by atoms with van der Waals surface area (Å²) in [7, 11) is 0. The summed E-state index contributed by atoms with van der Waals surface area (Å²) in [6, 6.07) is 19.1. The van der Waals surface area contributed by atoms with E-state index >= 15 is 0 Å². The standard InChI is InChI=1S/C59H99N2/c1-7-9-11-13-15-17-19-21-23-25-27-29-31-33-35-41-50-60-54-46-39-37-44-52(54)58(3,4)56(60)48-43-49-57-59(5,6)53-45-38-40-47-55(53)61(57)51-42-36-34-32-30-28-26-24-22-20-18-16-14-12-10-8-2/h37-40,43-48,57H,7-36,41-42,49-51H2,1-6H3/q+1/b48-43-. The minimum atomic E-state index is 0.0174. The number of rotatable bonds is 37. The van der Waals surface area contributed by atoms with Crippen molar-refractivity contribution in [3.05, 3.63) is 71.8 Å². The average Bonchev–Trinajstić information content (AvgIpc) is 3.61. The summed E-state index contributed by atoms with van der Waals surface area (Å²) >= 11 is 0. The molecule has 0 radical (unpaired) electrons. The van der Waals surface area contributed by atoms with Gasteiger partial charge in [0.15, 0.2) is 5.71 Å². The number of benzene rings is 2. The molecule has 2 aromatic rings. The molecule has 2 heterocycles. The summed E-state index contributed by atoms with van der Waals surface area (Å²) in [5.41, 5.74) is 7.59. The maximum atomic E-state index is 2.80. The van der Waals surface area contributed by atoms with Gasteiger partial charge in [-0.1, -0.05) is 256 Å². The molecule has 2 aliphatic rings. The number of nitrogens with zero attached hydrogens (tertiary/aromatic N) is 2. The zero-order chi connectivity index (χ0) is 43.4. The molecule has 0 saturated heterocycles. The number of hydrogen-bond donors (Lipinski definition) is 0. The van der Waals surface area contributed by atoms with Gasteiger partial charge in [0.1, 0.15) is 6.54 Å². The summed E-state index contributed by atoms with van der Waals surface area (Å²) < 4.78 is 2.69. The lowest BCUT2D eigenvalue weighted by Crippen LogP contribution is -2.41. The summed E-state index contributed by atoms with van der Waals surface area (Å²) in [5.74, 6) is 0. The molecule has 2 aromatic carbocycles. The molecule has 0 fully saturated rings. The Kier molecular flexibility index (Phi) is 25.1. The van der Waals surface area contributed by atoms with Gasteiger partial charge in [0.2, 0.25) is 5.69 Å². The minimum absolute atomic E-state index is 0.0174. The van der Waals surface area contributed by atoms with Crippen molar-refractivity contribution in [2.45, 2.75) is 270 Å². The van der Waals surface area contributed by atoms with Gasteiger partial charge in [0, 0.05) is 47.8 Å². The minimum Gasteiger partial charge on any atom is -0.367 e. The molecular weight excluding hydrogens is 737 g/mol. The van der Waals surface area contributed by atoms with Gasteiger partial charge in [0.05, 0.1) is 5.41 Å². The number of fused-ring (bicyclic) bond motifs is 2. The van der Waals surface area contributed by atoms with Crippen molar-refractivity contribution < 1.29 is 4.58 Å². The first kappa shape index (κ1) is 51.3. The maximum Gasteiger partial charge on any atom is 0.209 e. The second-order valence-corrected chi connectivity index (χ2v) is 20.9. The van der Waals surface area contributed by atoms with Gasteiger partial charge in [-0.3, -0.25) is 0 Å². The number of hydrogen-bond acceptors (Lipinski definition) is 1. The molecule has 61 heavy (non-hydrogen) atoms. The van der Waals surface area contributed by atoms with Crippen LogP contribution in [0.3, 0.4) is 0 Å². The van der Waals surface area contributed by atoms with Crippen LogP contribution in [0.4, 0.5) is 11.4 Å². The first-order valence-electron chi connectivity index (χ1n) is 27.1. The Bertz CT molecular complexity index is 1490. The number of allylic oxidation sites excluding steroid dienone is 1. The first-order valence-corrected chi connectivity index (χ1v) is 27.1. The average molecular weight is 836 g/mol. The highest BCUT2D eigenvalue weighted by Gasteiger charge is 2.45. The van der Waals surface area contributed by atoms with Crippen molar-refractivity contribution in [2.75, 3.05) is 18.0 Å². The van der Waals surface area contributed by atoms with E-state index in [4.69, 9.17) is 0 Å². The van der Waals surface area contributed by atoms with Crippen LogP contribution in [0, 0.1) is 0 Å². The molecule has 0 saturated carbocycles. The van der Waals surface area contributed by atoms with E-state index in [1.165, 1.54) is 240 Å². The van der Waals surface area contributed by atoms with Gasteiger partial charge in [-0.25, -0.2) is 0 Å². The molecule has 0 aromatic heterocycles. The predicted octanol–water partition coefficient (Wildman–Crippen LogP) is 18.7. The van der Waals surface area contributed by atoms with E-state index in [1.54, 1.807) is 0 Å². The van der Waals surface area contributed by atoms with Crippen LogP contribution in [0.15, 0.2) is 60.7 Å². The monoisotopic (exact) mass is 836 g/mol. The fraction of sp³-hybridized carbons (Fsp3) is 0.746. The van der Waals surface area contributed by atoms with Crippen LogP contribution >= 0.6 is 0 Å². The molecule has 1 atom stereocenters. The van der Waals surface area contributed by atoms with Gasteiger partial charge in [-0.15, -0.1) is 0 Å². The lowest BCUT2D eigenvalue weighted by molar-refractivity contribution is -0.438. The van der Waals surface area contributed by atoms with E-state index in [2.05, 4.69) is 112 Å². The van der Waals surface area contributed by atoms with E-state index < -0.39 is 0 Å². The lowest BCUT2D eigenvalue weighted by Gasteiger charge is -2.34. The second kappa shape index (κ2) is 29.9. The topological polar surface area (TPSA) is 6.25 Å². The van der Waals surface area contributed by atoms with Crippen LogP contribution in [-0.4, -0.2) is 29.4 Å². The Morgan fingerprint density at radius 3 is 1.34 bits per heavy atom. The van der Waals surface area contributed by atoms with E-state index in [1.807, 2.05) is 0 Å². The number of unbranched alkanes of at least 4 members (excludes halogenated alkanes) is 30. The summed E-state index contributed by atoms with van der Waals surface area (Å²) in [5, 5.41) is 0. The van der Waals surface area contributed by atoms with Crippen molar-refractivity contribution in [1.82, 2.24) is 0 Å². The zero-order valence-corrected chi connectivity index (χ0v) is 41.5. The third-order valence-electron chi connectivity index (χ3n) is 15.0. The van der Waals surface area contributed by atoms with E-state index in [9.17, 15) is 0 Å². The molecule has 2 heteroatoms. The van der Waals surface area contributed by atoms with Crippen LogP contribution in [0.5, 0.6) is 0 Å². The molecule has 2 nitrogen and oxygen atoms in total. The molecule has 0 aliphatic carbocycles. The quantitative estimate of drug-likeness (QED) is 0.0485. The van der Waals surface area contributed by atoms with Gasteiger partial charge in [-0.05, 0) is 44.7 Å². The second-order valence-electron chi connectivity index (χ2n) is 20.9. The third kappa shape index (κ3) is 17.3. The van der Waals surface area contributed by atoms with Crippen molar-refractivity contribution in [3.8, 4) is 0 Å². The molecule has 344 valence electrons. The Morgan fingerprint density at radius 1 is 0.475 bits per heavy atom. The molecule has 1 unspecified atom stereocenters. The lowest BCUT2D eigenvalue weighted by atomic mass is 9.78. The smallest absolute Gasteiger partial charge is 0.209 e. The van der Waals surface area contributed by atoms with Crippen molar-refractivity contribution >= 4 is 17.1 Å². The van der Waals surface area contributed by atoms with Crippen LogP contribution in [0.1, 0.15) is 265 Å². The molecule has 2 aliphatic heterocycles. The maximum absolute atomic E-state index is 2.80. The van der Waals surface area contributed by atoms with Crippen LogP contribution in [-0.2, 0) is 10.8 Å².